The van der Waals surface area contributed by atoms with Gasteiger partial charge >= 0.3 is 5.97 Å². The predicted molar refractivity (Wildman–Crippen MR) is 149 cm³/mol. The normalized spacial score (nSPS) is 10.7. The molecule has 0 saturated carbocycles. The smallest absolute Gasteiger partial charge is 0.341 e. The molecular formula is C32H34O7. The van der Waals surface area contributed by atoms with Gasteiger partial charge in [-0.15, -0.1) is 0 Å². The minimum atomic E-state index is -0.454. The van der Waals surface area contributed by atoms with Crippen LogP contribution in [-0.2, 0) is 17.6 Å². The molecule has 1 aromatic heterocycles. The number of para-hydroxylation sites is 1. The quantitative estimate of drug-likeness (QED) is 0.141. The summed E-state index contributed by atoms with van der Waals surface area (Å²) >= 11 is 0. The van der Waals surface area contributed by atoms with Gasteiger partial charge in [-0.3, -0.25) is 0 Å². The van der Waals surface area contributed by atoms with Crippen molar-refractivity contribution in [3.63, 3.8) is 0 Å². The van der Waals surface area contributed by atoms with Crippen molar-refractivity contribution in [2.45, 2.75) is 39.5 Å². The number of esters is 1. The third-order valence-electron chi connectivity index (χ3n) is 6.25. The second kappa shape index (κ2) is 13.4. The van der Waals surface area contributed by atoms with Gasteiger partial charge in [0.05, 0.1) is 32.2 Å². The molecule has 7 nitrogen and oxygen atoms in total. The van der Waals surface area contributed by atoms with Crippen LogP contribution in [0.25, 0.3) is 11.3 Å². The average Bonchev–Trinajstić information content (AvgIpc) is 3.49. The van der Waals surface area contributed by atoms with E-state index >= 15 is 0 Å². The zero-order valence-corrected chi connectivity index (χ0v) is 22.6. The number of benzene rings is 3. The van der Waals surface area contributed by atoms with E-state index in [0.717, 1.165) is 36.1 Å². The van der Waals surface area contributed by atoms with Crippen LogP contribution in [0.3, 0.4) is 0 Å². The fourth-order valence-corrected chi connectivity index (χ4v) is 4.30. The van der Waals surface area contributed by atoms with E-state index in [2.05, 4.69) is 6.92 Å². The van der Waals surface area contributed by atoms with E-state index in [9.17, 15) is 9.90 Å². The lowest BCUT2D eigenvalue weighted by atomic mass is 10.0. The molecule has 7 heteroatoms. The first-order chi connectivity index (χ1) is 19.0. The summed E-state index contributed by atoms with van der Waals surface area (Å²) in [5.74, 6) is 2.73. The molecule has 4 rings (SSSR count). The summed E-state index contributed by atoms with van der Waals surface area (Å²) in [6.45, 7) is 5.01. The van der Waals surface area contributed by atoms with Gasteiger partial charge in [0.1, 0.15) is 40.1 Å². The number of rotatable bonds is 13. The molecule has 0 aliphatic carbocycles. The largest absolute Gasteiger partial charge is 0.507 e. The minimum Gasteiger partial charge on any atom is -0.507 e. The molecule has 0 radical (unpaired) electrons. The van der Waals surface area contributed by atoms with Crippen molar-refractivity contribution in [2.75, 3.05) is 20.3 Å². The van der Waals surface area contributed by atoms with E-state index in [4.69, 9.17) is 23.4 Å². The molecule has 39 heavy (non-hydrogen) atoms. The van der Waals surface area contributed by atoms with E-state index in [1.165, 1.54) is 7.11 Å². The van der Waals surface area contributed by atoms with Crippen LogP contribution in [-0.4, -0.2) is 31.4 Å². The standard InChI is InChI=1S/C32H34O7/c1-4-11-23-27(14-8-15-29(23)39-30-13-7-6-12-24(30)32(34)35-3)37-18-10-19-38-31-21-26(33)25(20-22(31)5-2)28-16-9-17-36-28/h6-9,12-17,20-21,33H,4-5,10-11,18-19H2,1-3H3. The van der Waals surface area contributed by atoms with Gasteiger partial charge in [0, 0.05) is 18.1 Å². The number of phenolic OH excluding ortho intramolecular Hbond substituents is 1. The van der Waals surface area contributed by atoms with E-state index in [1.54, 1.807) is 36.6 Å². The van der Waals surface area contributed by atoms with Gasteiger partial charge in [-0.25, -0.2) is 4.79 Å². The molecule has 0 aliphatic rings. The maximum Gasteiger partial charge on any atom is 0.341 e. The highest BCUT2D eigenvalue weighted by atomic mass is 16.5. The lowest BCUT2D eigenvalue weighted by Gasteiger charge is -2.17. The molecular weight excluding hydrogens is 496 g/mol. The zero-order chi connectivity index (χ0) is 27.6. The summed E-state index contributed by atoms with van der Waals surface area (Å²) < 4.78 is 28.7. The topological polar surface area (TPSA) is 87.4 Å². The van der Waals surface area contributed by atoms with E-state index in [1.807, 2.05) is 43.3 Å². The fourth-order valence-electron chi connectivity index (χ4n) is 4.30. The van der Waals surface area contributed by atoms with E-state index in [-0.39, 0.29) is 5.75 Å². The van der Waals surface area contributed by atoms with Crippen molar-refractivity contribution in [1.82, 2.24) is 0 Å². The Bertz CT molecular complexity index is 1380. The number of carbonyl (C=O) groups excluding carboxylic acids is 1. The number of phenols is 1. The van der Waals surface area contributed by atoms with Gasteiger partial charge in [0.15, 0.2) is 0 Å². The van der Waals surface area contributed by atoms with Gasteiger partial charge in [-0.1, -0.05) is 38.5 Å². The van der Waals surface area contributed by atoms with Crippen molar-refractivity contribution in [3.8, 4) is 40.1 Å². The summed E-state index contributed by atoms with van der Waals surface area (Å²) in [4.78, 5) is 12.2. The Labute approximate surface area is 228 Å². The van der Waals surface area contributed by atoms with E-state index < -0.39 is 5.97 Å². The minimum absolute atomic E-state index is 0.114. The van der Waals surface area contributed by atoms with E-state index in [0.29, 0.717) is 53.8 Å². The molecule has 4 aromatic rings. The molecule has 0 amide bonds. The Morgan fingerprint density at radius 3 is 2.33 bits per heavy atom. The summed E-state index contributed by atoms with van der Waals surface area (Å²) in [7, 11) is 1.35. The van der Waals surface area contributed by atoms with Crippen molar-refractivity contribution < 1.29 is 33.3 Å². The lowest BCUT2D eigenvalue weighted by Crippen LogP contribution is -2.08. The van der Waals surface area contributed by atoms with Crippen LogP contribution in [0.15, 0.2) is 77.4 Å². The summed E-state index contributed by atoms with van der Waals surface area (Å²) in [6, 6.07) is 19.8. The number of aryl methyl sites for hydroxylation is 1. The van der Waals surface area contributed by atoms with Gasteiger partial charge in [0.2, 0.25) is 0 Å². The molecule has 0 aliphatic heterocycles. The molecule has 204 valence electrons. The van der Waals surface area contributed by atoms with Crippen LogP contribution in [0, 0.1) is 0 Å². The third-order valence-corrected chi connectivity index (χ3v) is 6.25. The average molecular weight is 531 g/mol. The van der Waals surface area contributed by atoms with Crippen LogP contribution in [0.5, 0.6) is 28.7 Å². The first kappa shape index (κ1) is 27.6. The summed E-state index contributed by atoms with van der Waals surface area (Å²) in [6.07, 6.45) is 4.64. The number of hydrogen-bond acceptors (Lipinski definition) is 7. The summed E-state index contributed by atoms with van der Waals surface area (Å²) in [5, 5.41) is 10.5. The molecule has 0 unspecified atom stereocenters. The molecule has 3 aromatic carbocycles. The van der Waals surface area contributed by atoms with Crippen LogP contribution < -0.4 is 14.2 Å². The van der Waals surface area contributed by atoms with Crippen molar-refractivity contribution in [3.05, 3.63) is 89.7 Å². The maximum absolute atomic E-state index is 12.2. The second-order valence-corrected chi connectivity index (χ2v) is 8.93. The van der Waals surface area contributed by atoms with Crippen molar-refractivity contribution >= 4 is 5.97 Å². The second-order valence-electron chi connectivity index (χ2n) is 8.93. The summed E-state index contributed by atoms with van der Waals surface area (Å²) in [5.41, 5.74) is 2.93. The Kier molecular flexibility index (Phi) is 9.51. The van der Waals surface area contributed by atoms with Gasteiger partial charge in [-0.05, 0) is 60.9 Å². The number of ether oxygens (including phenoxy) is 4. The first-order valence-corrected chi connectivity index (χ1v) is 13.2. The molecule has 1 N–H and O–H groups in total. The predicted octanol–water partition coefficient (Wildman–Crippen LogP) is 7.59. The van der Waals surface area contributed by atoms with Crippen LogP contribution >= 0.6 is 0 Å². The number of aromatic hydroxyl groups is 1. The highest BCUT2D eigenvalue weighted by Crippen LogP contribution is 2.37. The Morgan fingerprint density at radius 2 is 1.62 bits per heavy atom. The number of methoxy groups -OCH3 is 1. The van der Waals surface area contributed by atoms with Gasteiger partial charge in [0.25, 0.3) is 0 Å². The van der Waals surface area contributed by atoms with Crippen molar-refractivity contribution in [1.29, 1.82) is 0 Å². The molecule has 0 saturated heterocycles. The Hall–Kier alpha value is -4.39. The van der Waals surface area contributed by atoms with Crippen LogP contribution in [0.1, 0.15) is 48.2 Å². The fraction of sp³-hybridized carbons (Fsp3) is 0.281. The van der Waals surface area contributed by atoms with Crippen LogP contribution in [0.2, 0.25) is 0 Å². The molecule has 1 heterocycles. The van der Waals surface area contributed by atoms with Crippen LogP contribution in [0.4, 0.5) is 0 Å². The molecule has 0 atom stereocenters. The first-order valence-electron chi connectivity index (χ1n) is 13.2. The van der Waals surface area contributed by atoms with Crippen molar-refractivity contribution in [2.24, 2.45) is 0 Å². The Balaban J connectivity index is 1.40. The SMILES string of the molecule is CCCc1c(OCCCOc2cc(O)c(-c3ccco3)cc2CC)cccc1Oc1ccccc1C(=O)OC. The molecule has 0 fully saturated rings. The highest BCUT2D eigenvalue weighted by Gasteiger charge is 2.17. The Morgan fingerprint density at radius 1 is 0.872 bits per heavy atom. The number of furan rings is 1. The molecule has 0 bridgehead atoms. The van der Waals surface area contributed by atoms with Gasteiger partial charge in [-0.2, -0.15) is 0 Å². The third kappa shape index (κ3) is 6.74. The number of hydrogen-bond donors (Lipinski definition) is 1. The van der Waals surface area contributed by atoms with Gasteiger partial charge < -0.3 is 28.5 Å². The highest BCUT2D eigenvalue weighted by molar-refractivity contribution is 5.92. The monoisotopic (exact) mass is 530 g/mol. The lowest BCUT2D eigenvalue weighted by molar-refractivity contribution is 0.0598. The zero-order valence-electron chi connectivity index (χ0n) is 22.6. The maximum atomic E-state index is 12.2. The molecule has 0 spiro atoms. The number of carbonyl (C=O) groups is 1.